The molecule has 0 amide bonds. The highest BCUT2D eigenvalue weighted by molar-refractivity contribution is 5.85. The molecule has 2 rings (SSSR count). The minimum absolute atomic E-state index is 0.737. The van der Waals surface area contributed by atoms with Crippen molar-refractivity contribution in [1.82, 2.24) is 9.88 Å². The van der Waals surface area contributed by atoms with Crippen molar-refractivity contribution in [1.29, 1.82) is 5.26 Å². The number of benzene rings is 1. The highest BCUT2D eigenvalue weighted by atomic mass is 16.5. The van der Waals surface area contributed by atoms with E-state index < -0.39 is 0 Å². The van der Waals surface area contributed by atoms with Crippen LogP contribution in [0.4, 0.5) is 0 Å². The van der Waals surface area contributed by atoms with E-state index in [2.05, 4.69) is 22.0 Å². The van der Waals surface area contributed by atoms with Gasteiger partial charge in [-0.25, -0.2) is 0 Å². The van der Waals surface area contributed by atoms with Crippen LogP contribution in [-0.4, -0.2) is 30.9 Å². The number of hydrogen-bond donors (Lipinski definition) is 1. The van der Waals surface area contributed by atoms with E-state index in [9.17, 15) is 0 Å². The van der Waals surface area contributed by atoms with E-state index in [1.165, 1.54) is 0 Å². The summed E-state index contributed by atoms with van der Waals surface area (Å²) in [4.78, 5) is 0. The summed E-state index contributed by atoms with van der Waals surface area (Å²) in [5.41, 5.74) is 1.85. The van der Waals surface area contributed by atoms with E-state index in [1.54, 1.807) is 0 Å². The lowest BCUT2D eigenvalue weighted by Crippen LogP contribution is -2.23. The van der Waals surface area contributed by atoms with Crippen molar-refractivity contribution in [3.63, 3.8) is 0 Å². The van der Waals surface area contributed by atoms with Crippen molar-refractivity contribution in [2.75, 3.05) is 26.3 Å². The SMILES string of the molecule is CCOCCNCCn1ccc2c(C#N)cccc21. The minimum atomic E-state index is 0.737. The van der Waals surface area contributed by atoms with Crippen LogP contribution in [0.5, 0.6) is 0 Å². The van der Waals surface area contributed by atoms with E-state index in [4.69, 9.17) is 10.00 Å². The summed E-state index contributed by atoms with van der Waals surface area (Å²) >= 11 is 0. The first-order valence-corrected chi connectivity index (χ1v) is 6.63. The molecule has 100 valence electrons. The van der Waals surface area contributed by atoms with Gasteiger partial charge in [0.05, 0.1) is 18.2 Å². The molecule has 1 aromatic heterocycles. The van der Waals surface area contributed by atoms with Crippen molar-refractivity contribution >= 4 is 10.9 Å². The number of aromatic nitrogens is 1. The molecule has 19 heavy (non-hydrogen) atoms. The highest BCUT2D eigenvalue weighted by Crippen LogP contribution is 2.19. The van der Waals surface area contributed by atoms with Gasteiger partial charge < -0.3 is 14.6 Å². The van der Waals surface area contributed by atoms with Crippen LogP contribution in [0.2, 0.25) is 0 Å². The van der Waals surface area contributed by atoms with Crippen molar-refractivity contribution in [2.24, 2.45) is 0 Å². The minimum Gasteiger partial charge on any atom is -0.380 e. The molecule has 0 fully saturated rings. The first-order valence-electron chi connectivity index (χ1n) is 6.63. The number of ether oxygens (including phenoxy) is 1. The second-order valence-corrected chi connectivity index (χ2v) is 4.31. The van der Waals surface area contributed by atoms with Gasteiger partial charge in [-0.2, -0.15) is 5.26 Å². The van der Waals surface area contributed by atoms with Gasteiger partial charge >= 0.3 is 0 Å². The van der Waals surface area contributed by atoms with Crippen LogP contribution in [0.1, 0.15) is 12.5 Å². The second-order valence-electron chi connectivity index (χ2n) is 4.31. The van der Waals surface area contributed by atoms with Crippen LogP contribution in [0, 0.1) is 11.3 Å². The highest BCUT2D eigenvalue weighted by Gasteiger charge is 2.04. The Hall–Kier alpha value is -1.83. The summed E-state index contributed by atoms with van der Waals surface area (Å²) in [6, 6.07) is 10.1. The number of rotatable bonds is 7. The molecule has 0 radical (unpaired) electrons. The second kappa shape index (κ2) is 6.93. The van der Waals surface area contributed by atoms with E-state index in [1.807, 2.05) is 31.3 Å². The van der Waals surface area contributed by atoms with Crippen LogP contribution >= 0.6 is 0 Å². The molecule has 0 aliphatic rings. The zero-order valence-electron chi connectivity index (χ0n) is 11.2. The number of nitrogens with zero attached hydrogens (tertiary/aromatic N) is 2. The summed E-state index contributed by atoms with van der Waals surface area (Å²) in [6.07, 6.45) is 2.04. The Morgan fingerprint density at radius 1 is 1.32 bits per heavy atom. The largest absolute Gasteiger partial charge is 0.380 e. The zero-order valence-corrected chi connectivity index (χ0v) is 11.2. The van der Waals surface area contributed by atoms with E-state index in [-0.39, 0.29) is 0 Å². The lowest BCUT2D eigenvalue weighted by molar-refractivity contribution is 0.149. The summed E-state index contributed by atoms with van der Waals surface area (Å²) < 4.78 is 7.44. The number of nitrogens with one attached hydrogen (secondary N) is 1. The fraction of sp³-hybridized carbons (Fsp3) is 0.400. The third-order valence-corrected chi connectivity index (χ3v) is 3.09. The fourth-order valence-electron chi connectivity index (χ4n) is 2.13. The molecule has 0 aliphatic heterocycles. The average Bonchev–Trinajstić information content (AvgIpc) is 2.86. The Bertz CT molecular complexity index is 568. The molecule has 1 aromatic carbocycles. The smallest absolute Gasteiger partial charge is 0.0998 e. The van der Waals surface area contributed by atoms with Crippen molar-refractivity contribution in [3.05, 3.63) is 36.0 Å². The Labute approximate surface area is 113 Å². The molecule has 4 nitrogen and oxygen atoms in total. The van der Waals surface area contributed by atoms with Gasteiger partial charge in [0, 0.05) is 43.3 Å². The maximum absolute atomic E-state index is 9.06. The van der Waals surface area contributed by atoms with Crippen molar-refractivity contribution < 1.29 is 4.74 Å². The Morgan fingerprint density at radius 2 is 2.21 bits per heavy atom. The lowest BCUT2D eigenvalue weighted by Gasteiger charge is -2.07. The predicted molar refractivity (Wildman–Crippen MR) is 76.0 cm³/mol. The topological polar surface area (TPSA) is 50.0 Å². The first-order chi connectivity index (χ1) is 9.36. The third-order valence-electron chi connectivity index (χ3n) is 3.09. The molecule has 0 saturated heterocycles. The zero-order chi connectivity index (χ0) is 13.5. The normalized spacial score (nSPS) is 10.7. The number of hydrogen-bond acceptors (Lipinski definition) is 3. The van der Waals surface area contributed by atoms with Crippen LogP contribution in [0.3, 0.4) is 0 Å². The molecule has 0 spiro atoms. The lowest BCUT2D eigenvalue weighted by atomic mass is 10.1. The quantitative estimate of drug-likeness (QED) is 0.773. The third kappa shape index (κ3) is 3.34. The van der Waals surface area contributed by atoms with Crippen LogP contribution in [0.25, 0.3) is 10.9 Å². The maximum atomic E-state index is 9.06. The summed E-state index contributed by atoms with van der Waals surface area (Å²) in [6.45, 7) is 6.18. The number of fused-ring (bicyclic) bond motifs is 1. The van der Waals surface area contributed by atoms with E-state index in [0.717, 1.165) is 49.3 Å². The van der Waals surface area contributed by atoms with Crippen LogP contribution in [0.15, 0.2) is 30.5 Å². The van der Waals surface area contributed by atoms with E-state index >= 15 is 0 Å². The fourth-order valence-corrected chi connectivity index (χ4v) is 2.13. The molecule has 0 aliphatic carbocycles. The predicted octanol–water partition coefficient (Wildman–Crippen LogP) is 2.14. The van der Waals surface area contributed by atoms with Gasteiger partial charge in [0.2, 0.25) is 0 Å². The maximum Gasteiger partial charge on any atom is 0.0998 e. The van der Waals surface area contributed by atoms with Crippen molar-refractivity contribution in [2.45, 2.75) is 13.5 Å². The van der Waals surface area contributed by atoms with Gasteiger partial charge in [-0.1, -0.05) is 6.07 Å². The van der Waals surface area contributed by atoms with Gasteiger partial charge in [0.25, 0.3) is 0 Å². The van der Waals surface area contributed by atoms with Crippen molar-refractivity contribution in [3.8, 4) is 6.07 Å². The average molecular weight is 257 g/mol. The monoisotopic (exact) mass is 257 g/mol. The van der Waals surface area contributed by atoms with Gasteiger partial charge in [0.15, 0.2) is 0 Å². The molecule has 2 aromatic rings. The Balaban J connectivity index is 1.93. The standard InChI is InChI=1S/C15H19N3O/c1-2-19-11-8-17-7-10-18-9-6-14-13(12-16)4-3-5-15(14)18/h3-6,9,17H,2,7-8,10-11H2,1H3. The molecule has 0 bridgehead atoms. The van der Waals surface area contributed by atoms with Gasteiger partial charge in [-0.05, 0) is 25.1 Å². The molecule has 0 atom stereocenters. The summed E-state index contributed by atoms with van der Waals surface area (Å²) in [5, 5.41) is 13.4. The van der Waals surface area contributed by atoms with Gasteiger partial charge in [-0.15, -0.1) is 0 Å². The molecule has 1 heterocycles. The van der Waals surface area contributed by atoms with Gasteiger partial charge in [-0.3, -0.25) is 0 Å². The summed E-state index contributed by atoms with van der Waals surface area (Å²) in [7, 11) is 0. The van der Waals surface area contributed by atoms with Crippen LogP contribution in [-0.2, 0) is 11.3 Å². The van der Waals surface area contributed by atoms with Gasteiger partial charge in [0.1, 0.15) is 0 Å². The molecular formula is C15H19N3O. The first kappa shape index (κ1) is 13.6. The van der Waals surface area contributed by atoms with Crippen LogP contribution < -0.4 is 5.32 Å². The van der Waals surface area contributed by atoms with E-state index in [0.29, 0.717) is 0 Å². The Kier molecular flexibility index (Phi) is 4.96. The molecule has 0 unspecified atom stereocenters. The molecule has 1 N–H and O–H groups in total. The molecular weight excluding hydrogens is 238 g/mol. The molecule has 0 saturated carbocycles. The Morgan fingerprint density at radius 3 is 3.00 bits per heavy atom. The number of nitriles is 1. The summed E-state index contributed by atoms with van der Waals surface area (Å²) in [5.74, 6) is 0. The molecule has 4 heteroatoms.